The Morgan fingerprint density at radius 1 is 0.667 bits per heavy atom. The molecule has 0 atom stereocenters. The second kappa shape index (κ2) is 8.06. The summed E-state index contributed by atoms with van der Waals surface area (Å²) in [6, 6.07) is 0. The first-order valence-electron chi connectivity index (χ1n) is 3.45. The Morgan fingerprint density at radius 3 is 0.833 bits per heavy atom. The van der Waals surface area contributed by atoms with Gasteiger partial charge in [-0.25, -0.2) is 0 Å². The summed E-state index contributed by atoms with van der Waals surface area (Å²) < 4.78 is 4.82. The van der Waals surface area contributed by atoms with Crippen LogP contribution in [0, 0.1) is 54.8 Å². The maximum Gasteiger partial charge on any atom is 3.00 e. The second-order valence-electron chi connectivity index (χ2n) is 4.45. The Kier molecular flexibility index (Phi) is 15.8. The number of rotatable bonds is 2. The molecule has 0 unspecified atom stereocenters. The van der Waals surface area contributed by atoms with Crippen LogP contribution in [0.2, 0.25) is 39.3 Å². The third-order valence-electron chi connectivity index (χ3n) is 0.671. The van der Waals surface area contributed by atoms with E-state index in [1.807, 2.05) is 0 Å². The Morgan fingerprint density at radius 2 is 0.833 bits per heavy atom. The van der Waals surface area contributed by atoms with Crippen LogP contribution in [0.5, 0.6) is 0 Å². The van der Waals surface area contributed by atoms with Crippen LogP contribution in [-0.2, 0) is 0 Å². The van der Waals surface area contributed by atoms with Gasteiger partial charge in [-0.05, 0) is 0 Å². The van der Waals surface area contributed by atoms with Gasteiger partial charge >= 0.3 is 39.9 Å². The average molecular weight is 348 g/mol. The fourth-order valence-corrected chi connectivity index (χ4v) is 9.06. The van der Waals surface area contributed by atoms with Gasteiger partial charge in [-0.3, -0.25) is 0 Å². The first-order chi connectivity index (χ1) is 3.71. The van der Waals surface area contributed by atoms with Crippen molar-refractivity contribution in [1.82, 2.24) is 0 Å². The molecule has 1 nitrogen and oxygen atoms in total. The molecule has 1 radical (unpaired) electrons. The van der Waals surface area contributed by atoms with Crippen molar-refractivity contribution in [2.45, 2.75) is 39.3 Å². The van der Waals surface area contributed by atoms with E-state index >= 15 is 0 Å². The molecule has 77 valence electrons. The zero-order valence-electron chi connectivity index (χ0n) is 9.80. The molecule has 0 amide bonds. The van der Waals surface area contributed by atoms with E-state index in [9.17, 15) is 0 Å². The standard InChI is InChI=1S/C6H18NSi2.2CH3.Gd/c1-8(2,3)7-9(4,5)6;;;/h1-6H3;2*1H3;/q3*-1;+3. The van der Waals surface area contributed by atoms with E-state index in [-0.39, 0.29) is 54.8 Å². The first kappa shape index (κ1) is 23.5. The maximum atomic E-state index is 4.82. The molecule has 0 aromatic carbocycles. The molecule has 0 aromatic rings. The molecule has 0 heterocycles. The van der Waals surface area contributed by atoms with Gasteiger partial charge in [0.1, 0.15) is 0 Å². The van der Waals surface area contributed by atoms with Crippen LogP contribution in [0.3, 0.4) is 0 Å². The Hall–Kier alpha value is 1.72. The molecule has 0 fully saturated rings. The van der Waals surface area contributed by atoms with Crippen LogP contribution >= 0.6 is 0 Å². The molecule has 0 saturated carbocycles. The molecule has 0 aliphatic heterocycles. The molecule has 0 aromatic heterocycles. The van der Waals surface area contributed by atoms with Gasteiger partial charge in [-0.15, -0.1) is 0 Å². The normalized spacial score (nSPS) is 10.5. The average Bonchev–Trinajstić information content (AvgIpc) is 1.14. The molecule has 0 rings (SSSR count). The quantitative estimate of drug-likeness (QED) is 0.531. The molecule has 4 heteroatoms. The van der Waals surface area contributed by atoms with E-state index in [1.54, 1.807) is 0 Å². The van der Waals surface area contributed by atoms with E-state index in [4.69, 9.17) is 4.65 Å². The van der Waals surface area contributed by atoms with Crippen LogP contribution in [0.25, 0.3) is 4.65 Å². The van der Waals surface area contributed by atoms with Gasteiger partial charge in [0.2, 0.25) is 0 Å². The van der Waals surface area contributed by atoms with Crippen molar-refractivity contribution in [2.24, 2.45) is 0 Å². The topological polar surface area (TPSA) is 14.1 Å². The van der Waals surface area contributed by atoms with Crippen LogP contribution in [0.4, 0.5) is 0 Å². The zero-order valence-corrected chi connectivity index (χ0v) is 14.1. The van der Waals surface area contributed by atoms with E-state index in [0.29, 0.717) is 0 Å². The summed E-state index contributed by atoms with van der Waals surface area (Å²) in [5.74, 6) is 0. The summed E-state index contributed by atoms with van der Waals surface area (Å²) in [6.07, 6.45) is 0. The van der Waals surface area contributed by atoms with E-state index in [1.165, 1.54) is 0 Å². The smallest absolute Gasteiger partial charge is 0.668 e. The van der Waals surface area contributed by atoms with Gasteiger partial charge in [0.05, 0.1) is 0 Å². The summed E-state index contributed by atoms with van der Waals surface area (Å²) in [6.45, 7) is 13.8. The Balaban J connectivity index is -0.000000107. The first-order valence-corrected chi connectivity index (χ1v) is 10.3. The van der Waals surface area contributed by atoms with Crippen LogP contribution in [0.1, 0.15) is 0 Å². The van der Waals surface area contributed by atoms with E-state index < -0.39 is 16.5 Å². The Labute approximate surface area is 114 Å². The van der Waals surface area contributed by atoms with Crippen molar-refractivity contribution in [3.05, 3.63) is 19.5 Å². The van der Waals surface area contributed by atoms with Crippen molar-refractivity contribution in [3.63, 3.8) is 0 Å². The molecule has 0 aliphatic carbocycles. The minimum Gasteiger partial charge on any atom is -0.668 e. The van der Waals surface area contributed by atoms with Crippen LogP contribution in [0.15, 0.2) is 0 Å². The van der Waals surface area contributed by atoms with Gasteiger partial charge in [0.25, 0.3) is 0 Å². The third-order valence-corrected chi connectivity index (χ3v) is 6.04. The molecule has 0 aliphatic rings. The predicted molar refractivity (Wildman–Crippen MR) is 62.9 cm³/mol. The maximum absolute atomic E-state index is 4.82. The SMILES string of the molecule is C[Si](C)(C)[N-][Si](C)(C)C.[CH3-].[CH3-].[Gd+3]. The molecular formula is C8H24GdNSi2. The van der Waals surface area contributed by atoms with Gasteiger partial charge in [0, 0.05) is 0 Å². The Bertz CT molecular complexity index is 82.2. The monoisotopic (exact) mass is 348 g/mol. The fourth-order valence-electron chi connectivity index (χ4n) is 1.01. The van der Waals surface area contributed by atoms with Gasteiger partial charge in [-0.2, -0.15) is 0 Å². The van der Waals surface area contributed by atoms with Crippen molar-refractivity contribution in [3.8, 4) is 0 Å². The summed E-state index contributed by atoms with van der Waals surface area (Å²) in [5.41, 5.74) is 0. The number of hydrogen-bond acceptors (Lipinski definition) is 0. The molecule has 0 saturated heterocycles. The van der Waals surface area contributed by atoms with Crippen molar-refractivity contribution >= 4 is 16.5 Å². The number of hydrogen-bond donors (Lipinski definition) is 0. The molecule has 0 spiro atoms. The minimum atomic E-state index is -1.11. The van der Waals surface area contributed by atoms with Crippen LogP contribution < -0.4 is 0 Å². The molecule has 12 heavy (non-hydrogen) atoms. The van der Waals surface area contributed by atoms with E-state index in [0.717, 1.165) is 0 Å². The molecule has 0 bridgehead atoms. The van der Waals surface area contributed by atoms with E-state index in [2.05, 4.69) is 39.3 Å². The summed E-state index contributed by atoms with van der Waals surface area (Å²) in [5, 5.41) is 0. The summed E-state index contributed by atoms with van der Waals surface area (Å²) in [4.78, 5) is 0. The van der Waals surface area contributed by atoms with Crippen molar-refractivity contribution in [2.75, 3.05) is 0 Å². The van der Waals surface area contributed by atoms with Crippen molar-refractivity contribution < 1.29 is 39.9 Å². The zero-order chi connectivity index (χ0) is 7.71. The third kappa shape index (κ3) is 22.6. The summed E-state index contributed by atoms with van der Waals surface area (Å²) in [7, 11) is -2.21. The van der Waals surface area contributed by atoms with Gasteiger partial charge < -0.3 is 19.5 Å². The second-order valence-corrected chi connectivity index (χ2v) is 14.0. The minimum absolute atomic E-state index is 0. The largest absolute Gasteiger partial charge is 3.00 e. The molecule has 0 N–H and O–H groups in total. The van der Waals surface area contributed by atoms with Gasteiger partial charge in [0.15, 0.2) is 0 Å². The van der Waals surface area contributed by atoms with Crippen LogP contribution in [-0.4, -0.2) is 16.5 Å². The predicted octanol–water partition coefficient (Wildman–Crippen LogP) is 3.93. The fraction of sp³-hybridized carbons (Fsp3) is 0.750. The van der Waals surface area contributed by atoms with Crippen molar-refractivity contribution in [1.29, 1.82) is 0 Å². The molecular weight excluding hydrogens is 324 g/mol. The van der Waals surface area contributed by atoms with Gasteiger partial charge in [-0.1, -0.05) is 55.8 Å². The summed E-state index contributed by atoms with van der Waals surface area (Å²) >= 11 is 0. The number of nitrogens with zero attached hydrogens (tertiary/aromatic N) is 1.